The van der Waals surface area contributed by atoms with Crippen molar-refractivity contribution < 1.29 is 28.5 Å². The Kier molecular flexibility index (Phi) is 8.00. The van der Waals surface area contributed by atoms with E-state index in [1.807, 2.05) is 48.5 Å². The summed E-state index contributed by atoms with van der Waals surface area (Å²) in [6.45, 7) is 1.36. The lowest BCUT2D eigenvalue weighted by atomic mass is 9.83. The lowest BCUT2D eigenvalue weighted by molar-refractivity contribution is -0.117. The molecule has 2 aliphatic heterocycles. The maximum absolute atomic E-state index is 11.7. The summed E-state index contributed by atoms with van der Waals surface area (Å²) in [5.41, 5.74) is 1.67. The van der Waals surface area contributed by atoms with E-state index in [9.17, 15) is 9.59 Å². The Bertz CT molecular complexity index is 1190. The normalized spacial score (nSPS) is 23.2. The molecule has 10 heteroatoms. The Morgan fingerprint density at radius 2 is 1.05 bits per heavy atom. The first-order valence-corrected chi connectivity index (χ1v) is 13.2. The largest absolute Gasteiger partial charge is 0.493 e. The van der Waals surface area contributed by atoms with E-state index in [0.717, 1.165) is 48.3 Å². The standard InChI is InChI=1S/C28H26N2O6S2/c31-25-23(35-27(37)29-25)13-17-5-9-21(10-6-17)33-15-19-1-2-20(4-3-19)16-34-22-11-7-18(8-12-22)14-24-26(32)30-28(38)36-24/h5-14,19-20H,1-4,15-16H2,(H,29,31,37)(H,30,32,38)/b23-13+,24-14+. The van der Waals surface area contributed by atoms with Gasteiger partial charge in [0.15, 0.2) is 11.5 Å². The van der Waals surface area contributed by atoms with Crippen LogP contribution >= 0.6 is 24.4 Å². The molecule has 8 nitrogen and oxygen atoms in total. The van der Waals surface area contributed by atoms with E-state index in [4.69, 9.17) is 43.4 Å². The van der Waals surface area contributed by atoms with Crippen LogP contribution in [0.2, 0.25) is 0 Å². The first kappa shape index (κ1) is 25.9. The zero-order valence-corrected chi connectivity index (χ0v) is 22.1. The van der Waals surface area contributed by atoms with Crippen LogP contribution in [-0.4, -0.2) is 35.4 Å². The molecule has 0 spiro atoms. The summed E-state index contributed by atoms with van der Waals surface area (Å²) in [6.07, 6.45) is 7.69. The lowest BCUT2D eigenvalue weighted by Gasteiger charge is -2.28. The summed E-state index contributed by atoms with van der Waals surface area (Å²) in [6, 6.07) is 15.1. The molecule has 2 heterocycles. The van der Waals surface area contributed by atoms with E-state index in [0.29, 0.717) is 25.0 Å². The number of rotatable bonds is 8. The van der Waals surface area contributed by atoms with Crippen molar-refractivity contribution in [3.8, 4) is 11.5 Å². The Morgan fingerprint density at radius 1 is 0.684 bits per heavy atom. The minimum atomic E-state index is -0.334. The SMILES string of the molecule is O=C1NC(=S)O/C1=C/c1ccc(OCC2CCC(COc3ccc(/C=C4/OC(=S)NC4=O)cc3)CC2)cc1. The molecule has 0 atom stereocenters. The van der Waals surface area contributed by atoms with Gasteiger partial charge in [0.05, 0.1) is 13.2 Å². The van der Waals surface area contributed by atoms with E-state index >= 15 is 0 Å². The predicted octanol–water partition coefficient (Wildman–Crippen LogP) is 4.50. The molecule has 2 aromatic carbocycles. The van der Waals surface area contributed by atoms with Crippen molar-refractivity contribution in [3.05, 3.63) is 71.2 Å². The van der Waals surface area contributed by atoms with Gasteiger partial charge in [-0.1, -0.05) is 24.3 Å². The topological polar surface area (TPSA) is 95.1 Å². The van der Waals surface area contributed by atoms with Crippen LogP contribution < -0.4 is 20.1 Å². The number of hydrogen-bond donors (Lipinski definition) is 2. The second-order valence-corrected chi connectivity index (χ2v) is 10.1. The van der Waals surface area contributed by atoms with Crippen molar-refractivity contribution in [2.45, 2.75) is 25.7 Å². The van der Waals surface area contributed by atoms with E-state index in [1.54, 1.807) is 12.2 Å². The van der Waals surface area contributed by atoms with Gasteiger partial charge in [-0.2, -0.15) is 0 Å². The number of ether oxygens (including phenoxy) is 4. The van der Waals surface area contributed by atoms with Crippen molar-refractivity contribution in [3.63, 3.8) is 0 Å². The summed E-state index contributed by atoms with van der Waals surface area (Å²) in [4.78, 5) is 23.4. The molecule has 196 valence electrons. The monoisotopic (exact) mass is 550 g/mol. The Morgan fingerprint density at radius 3 is 1.37 bits per heavy atom. The maximum Gasteiger partial charge on any atom is 0.294 e. The van der Waals surface area contributed by atoms with Gasteiger partial charge in [-0.25, -0.2) is 0 Å². The van der Waals surface area contributed by atoms with Crippen molar-refractivity contribution >= 4 is 58.8 Å². The van der Waals surface area contributed by atoms with Gasteiger partial charge in [-0.15, -0.1) is 0 Å². The Hall–Kier alpha value is -3.76. The summed E-state index contributed by atoms with van der Waals surface area (Å²) in [5.74, 6) is 2.34. The predicted molar refractivity (Wildman–Crippen MR) is 149 cm³/mol. The van der Waals surface area contributed by atoms with Gasteiger partial charge in [0, 0.05) is 0 Å². The Balaban J connectivity index is 1.02. The van der Waals surface area contributed by atoms with E-state index < -0.39 is 0 Å². The molecule has 1 saturated carbocycles. The fourth-order valence-corrected chi connectivity index (χ4v) is 4.82. The summed E-state index contributed by atoms with van der Waals surface area (Å²) in [7, 11) is 0. The van der Waals surface area contributed by atoms with Crippen LogP contribution in [0.25, 0.3) is 12.2 Å². The van der Waals surface area contributed by atoms with E-state index in [1.165, 1.54) is 0 Å². The number of hydrogen-bond acceptors (Lipinski definition) is 8. The number of carbonyl (C=O) groups excluding carboxylic acids is 2. The number of amides is 2. The molecule has 3 aliphatic rings. The average molecular weight is 551 g/mol. The van der Waals surface area contributed by atoms with Crippen molar-refractivity contribution in [2.24, 2.45) is 11.8 Å². The first-order valence-electron chi connectivity index (χ1n) is 12.4. The zero-order chi connectivity index (χ0) is 26.5. The quantitative estimate of drug-likeness (QED) is 0.367. The highest BCUT2D eigenvalue weighted by Gasteiger charge is 2.24. The molecular formula is C28H26N2O6S2. The minimum Gasteiger partial charge on any atom is -0.493 e. The van der Waals surface area contributed by atoms with Crippen LogP contribution in [-0.2, 0) is 19.1 Å². The molecular weight excluding hydrogens is 524 g/mol. The molecule has 2 aromatic rings. The van der Waals surface area contributed by atoms with Crippen LogP contribution in [0, 0.1) is 11.8 Å². The average Bonchev–Trinajstić information content (AvgIpc) is 3.41. The van der Waals surface area contributed by atoms with Crippen LogP contribution in [0.3, 0.4) is 0 Å². The van der Waals surface area contributed by atoms with Gasteiger partial charge >= 0.3 is 0 Å². The third-order valence-electron chi connectivity index (χ3n) is 6.58. The Labute approximate surface area is 231 Å². The molecule has 0 radical (unpaired) electrons. The molecule has 38 heavy (non-hydrogen) atoms. The van der Waals surface area contributed by atoms with Crippen molar-refractivity contribution in [1.82, 2.24) is 10.6 Å². The van der Waals surface area contributed by atoms with E-state index in [-0.39, 0.29) is 33.7 Å². The third kappa shape index (κ3) is 6.76. The van der Waals surface area contributed by atoms with Crippen LogP contribution in [0.4, 0.5) is 0 Å². The molecule has 0 bridgehead atoms. The highest BCUT2D eigenvalue weighted by Crippen LogP contribution is 2.30. The van der Waals surface area contributed by atoms with Crippen LogP contribution in [0.5, 0.6) is 11.5 Å². The van der Waals surface area contributed by atoms with Gasteiger partial charge in [-0.3, -0.25) is 20.2 Å². The van der Waals surface area contributed by atoms with Gasteiger partial charge in [-0.05, 0) is 109 Å². The van der Waals surface area contributed by atoms with Gasteiger partial charge < -0.3 is 18.9 Å². The fraction of sp³-hybridized carbons (Fsp3) is 0.286. The molecule has 2 saturated heterocycles. The zero-order valence-electron chi connectivity index (χ0n) is 20.4. The maximum atomic E-state index is 11.7. The molecule has 5 rings (SSSR count). The van der Waals surface area contributed by atoms with Crippen LogP contribution in [0.15, 0.2) is 60.0 Å². The first-order chi connectivity index (χ1) is 18.4. The number of carbonyl (C=O) groups is 2. The molecule has 2 N–H and O–H groups in total. The molecule has 2 amide bonds. The van der Waals surface area contributed by atoms with E-state index in [2.05, 4.69) is 10.6 Å². The summed E-state index contributed by atoms with van der Waals surface area (Å²) >= 11 is 9.68. The number of thiocarbonyl (C=S) groups is 2. The van der Waals surface area contributed by atoms with Crippen LogP contribution in [0.1, 0.15) is 36.8 Å². The van der Waals surface area contributed by atoms with Crippen molar-refractivity contribution in [1.29, 1.82) is 0 Å². The van der Waals surface area contributed by atoms with Crippen molar-refractivity contribution in [2.75, 3.05) is 13.2 Å². The number of benzene rings is 2. The smallest absolute Gasteiger partial charge is 0.294 e. The second-order valence-electron chi connectivity index (χ2n) is 9.35. The second kappa shape index (κ2) is 11.7. The highest BCUT2D eigenvalue weighted by molar-refractivity contribution is 7.80. The minimum absolute atomic E-state index is 0.0730. The van der Waals surface area contributed by atoms with Gasteiger partial charge in [0.2, 0.25) is 0 Å². The van der Waals surface area contributed by atoms with Gasteiger partial charge in [0.25, 0.3) is 22.2 Å². The summed E-state index contributed by atoms with van der Waals surface area (Å²) < 4.78 is 22.4. The molecule has 0 aromatic heterocycles. The van der Waals surface area contributed by atoms with Gasteiger partial charge in [0.1, 0.15) is 11.5 Å². The molecule has 0 unspecified atom stereocenters. The third-order valence-corrected chi connectivity index (χ3v) is 6.95. The fourth-order valence-electron chi connectivity index (χ4n) is 4.46. The highest BCUT2D eigenvalue weighted by atomic mass is 32.1. The lowest BCUT2D eigenvalue weighted by Crippen LogP contribution is -2.23. The molecule has 3 fully saturated rings. The molecule has 1 aliphatic carbocycles. The number of nitrogens with one attached hydrogen (secondary N) is 2. The summed E-state index contributed by atoms with van der Waals surface area (Å²) in [5, 5.41) is 5.02.